The van der Waals surface area contributed by atoms with Crippen LogP contribution in [-0.4, -0.2) is 24.6 Å². The van der Waals surface area contributed by atoms with E-state index in [9.17, 15) is 9.59 Å². The highest BCUT2D eigenvalue weighted by atomic mass is 16.6. The number of rotatable bonds is 5. The third kappa shape index (κ3) is 4.55. The van der Waals surface area contributed by atoms with Crippen LogP contribution in [0.2, 0.25) is 0 Å². The molecule has 1 amide bonds. The van der Waals surface area contributed by atoms with Crippen molar-refractivity contribution < 1.29 is 23.8 Å². The minimum Gasteiger partial charge on any atom is -0.485 e. The number of ether oxygens (including phenoxy) is 3. The summed E-state index contributed by atoms with van der Waals surface area (Å²) < 4.78 is 16.5. The van der Waals surface area contributed by atoms with Gasteiger partial charge >= 0.3 is 5.97 Å². The Morgan fingerprint density at radius 3 is 2.34 bits per heavy atom. The maximum atomic E-state index is 12.3. The molecule has 1 atom stereocenters. The minimum absolute atomic E-state index is 0.0843. The first-order valence-electron chi connectivity index (χ1n) is 9.19. The fourth-order valence-electron chi connectivity index (χ4n) is 2.86. The summed E-state index contributed by atoms with van der Waals surface area (Å²) in [6.07, 6.45) is -0.805. The number of esters is 1. The Kier molecular flexibility index (Phi) is 5.42. The maximum Gasteiger partial charge on any atom is 0.351 e. The average Bonchev–Trinajstić information content (AvgIpc) is 2.78. The van der Waals surface area contributed by atoms with Crippen LogP contribution >= 0.6 is 0 Å². The lowest BCUT2D eigenvalue weighted by atomic mass is 10.1. The van der Waals surface area contributed by atoms with E-state index >= 15 is 0 Å². The van der Waals surface area contributed by atoms with Crippen LogP contribution in [0, 0.1) is 0 Å². The molecule has 0 spiro atoms. The number of hydrogen-bond acceptors (Lipinski definition) is 5. The van der Waals surface area contributed by atoms with E-state index < -0.39 is 12.1 Å². The Morgan fingerprint density at radius 2 is 1.59 bits per heavy atom. The number of para-hydroxylation sites is 3. The molecule has 0 aliphatic carbocycles. The summed E-state index contributed by atoms with van der Waals surface area (Å²) in [6.45, 7) is 0.190. The highest BCUT2D eigenvalue weighted by Crippen LogP contribution is 2.31. The number of amides is 1. The van der Waals surface area contributed by atoms with Crippen molar-refractivity contribution in [3.05, 3.63) is 90.0 Å². The van der Waals surface area contributed by atoms with E-state index in [0.29, 0.717) is 17.1 Å². The molecule has 0 bridgehead atoms. The Balaban J connectivity index is 1.30. The van der Waals surface area contributed by atoms with Crippen LogP contribution in [0.3, 0.4) is 0 Å². The quantitative estimate of drug-likeness (QED) is 0.672. The maximum absolute atomic E-state index is 12.3. The second kappa shape index (κ2) is 8.48. The molecule has 1 aliphatic heterocycles. The molecule has 6 heteroatoms. The molecule has 4 rings (SSSR count). The third-order valence-corrected chi connectivity index (χ3v) is 4.40. The number of nitrogens with one attached hydrogen (secondary N) is 1. The van der Waals surface area contributed by atoms with Crippen molar-refractivity contribution in [3.63, 3.8) is 0 Å². The fourth-order valence-corrected chi connectivity index (χ4v) is 2.86. The molecule has 3 aromatic carbocycles. The van der Waals surface area contributed by atoms with E-state index in [2.05, 4.69) is 5.32 Å². The molecule has 1 aliphatic rings. The number of anilines is 1. The average molecular weight is 389 g/mol. The van der Waals surface area contributed by atoms with Crippen molar-refractivity contribution in [1.82, 2.24) is 0 Å². The lowest BCUT2D eigenvalue weighted by Crippen LogP contribution is -2.37. The van der Waals surface area contributed by atoms with E-state index in [1.54, 1.807) is 36.4 Å². The Morgan fingerprint density at radius 1 is 0.897 bits per heavy atom. The van der Waals surface area contributed by atoms with E-state index in [1.807, 2.05) is 42.5 Å². The molecule has 6 nitrogen and oxygen atoms in total. The zero-order chi connectivity index (χ0) is 20.1. The van der Waals surface area contributed by atoms with Crippen molar-refractivity contribution in [2.45, 2.75) is 12.7 Å². The predicted octanol–water partition coefficient (Wildman–Crippen LogP) is 3.82. The highest BCUT2D eigenvalue weighted by Gasteiger charge is 2.28. The molecule has 1 N–H and O–H groups in total. The van der Waals surface area contributed by atoms with E-state index in [4.69, 9.17) is 14.2 Å². The molecule has 146 valence electrons. The first-order chi connectivity index (χ1) is 14.2. The van der Waals surface area contributed by atoms with Gasteiger partial charge in [-0.3, -0.25) is 4.79 Å². The number of carbonyl (C=O) groups excluding carboxylic acids is 2. The van der Waals surface area contributed by atoms with E-state index in [0.717, 1.165) is 11.3 Å². The predicted molar refractivity (Wildman–Crippen MR) is 107 cm³/mol. The van der Waals surface area contributed by atoms with Gasteiger partial charge in [-0.05, 0) is 42.0 Å². The van der Waals surface area contributed by atoms with Crippen molar-refractivity contribution in [1.29, 1.82) is 0 Å². The molecule has 0 fully saturated rings. The van der Waals surface area contributed by atoms with Gasteiger partial charge in [0.2, 0.25) is 6.10 Å². The zero-order valence-corrected chi connectivity index (χ0v) is 15.5. The van der Waals surface area contributed by atoms with Gasteiger partial charge in [-0.2, -0.15) is 0 Å². The smallest absolute Gasteiger partial charge is 0.351 e. The fraction of sp³-hybridized carbons (Fsp3) is 0.130. The van der Waals surface area contributed by atoms with Gasteiger partial charge in [0, 0.05) is 11.3 Å². The molecule has 1 heterocycles. The summed E-state index contributed by atoms with van der Waals surface area (Å²) in [7, 11) is 0. The zero-order valence-electron chi connectivity index (χ0n) is 15.5. The molecular weight excluding hydrogens is 370 g/mol. The van der Waals surface area contributed by atoms with Gasteiger partial charge in [0.05, 0.1) is 0 Å². The monoisotopic (exact) mass is 389 g/mol. The second-order valence-electron chi connectivity index (χ2n) is 6.49. The van der Waals surface area contributed by atoms with Gasteiger partial charge in [0.15, 0.2) is 11.5 Å². The molecule has 0 saturated heterocycles. The summed E-state index contributed by atoms with van der Waals surface area (Å²) in [5, 5.41) is 2.82. The highest BCUT2D eigenvalue weighted by molar-refractivity contribution is 6.04. The van der Waals surface area contributed by atoms with E-state index in [-0.39, 0.29) is 19.1 Å². The van der Waals surface area contributed by atoms with Gasteiger partial charge in [0.25, 0.3) is 5.91 Å². The molecular formula is C23H19NO5. The Labute approximate surface area is 168 Å². The lowest BCUT2D eigenvalue weighted by molar-refractivity contribution is -0.155. The van der Waals surface area contributed by atoms with Crippen LogP contribution in [-0.2, 0) is 16.1 Å². The van der Waals surface area contributed by atoms with Gasteiger partial charge < -0.3 is 19.5 Å². The number of hydrogen-bond donors (Lipinski definition) is 1. The van der Waals surface area contributed by atoms with Crippen molar-refractivity contribution in [3.8, 4) is 11.5 Å². The van der Waals surface area contributed by atoms with Crippen LogP contribution in [0.15, 0.2) is 78.9 Å². The summed E-state index contributed by atoms with van der Waals surface area (Å²) >= 11 is 0. The standard InChI is InChI=1S/C23H19NO5/c25-22(24-18-6-2-1-3-7-18)17-12-10-16(11-13-17)14-28-23(26)21-15-27-19-8-4-5-9-20(19)29-21/h1-13,21H,14-15H2,(H,24,25). The van der Waals surface area contributed by atoms with Gasteiger partial charge in [0.1, 0.15) is 13.2 Å². The summed E-state index contributed by atoms with van der Waals surface area (Å²) in [5.41, 5.74) is 2.02. The normalized spacial score (nSPS) is 14.7. The topological polar surface area (TPSA) is 73.9 Å². The number of benzene rings is 3. The van der Waals surface area contributed by atoms with Gasteiger partial charge in [-0.25, -0.2) is 4.79 Å². The largest absolute Gasteiger partial charge is 0.485 e. The molecule has 0 aromatic heterocycles. The Bertz CT molecular complexity index is 1000. The molecule has 1 unspecified atom stereocenters. The second-order valence-corrected chi connectivity index (χ2v) is 6.49. The number of fused-ring (bicyclic) bond motifs is 1. The van der Waals surface area contributed by atoms with Crippen LogP contribution in [0.4, 0.5) is 5.69 Å². The lowest BCUT2D eigenvalue weighted by Gasteiger charge is -2.24. The summed E-state index contributed by atoms with van der Waals surface area (Å²) in [6, 6.07) is 23.3. The first-order valence-corrected chi connectivity index (χ1v) is 9.19. The first kappa shape index (κ1) is 18.6. The van der Waals surface area contributed by atoms with Gasteiger partial charge in [-0.1, -0.05) is 42.5 Å². The summed E-state index contributed by atoms with van der Waals surface area (Å²) in [4.78, 5) is 24.5. The number of carbonyl (C=O) groups is 2. The van der Waals surface area contributed by atoms with Crippen LogP contribution in [0.1, 0.15) is 15.9 Å². The van der Waals surface area contributed by atoms with Crippen molar-refractivity contribution in [2.75, 3.05) is 11.9 Å². The van der Waals surface area contributed by atoms with Gasteiger partial charge in [-0.15, -0.1) is 0 Å². The summed E-state index contributed by atoms with van der Waals surface area (Å²) in [5.74, 6) is 0.437. The van der Waals surface area contributed by atoms with E-state index in [1.165, 1.54) is 0 Å². The molecule has 0 radical (unpaired) electrons. The Hall–Kier alpha value is -3.80. The molecule has 0 saturated carbocycles. The van der Waals surface area contributed by atoms with Crippen molar-refractivity contribution in [2.24, 2.45) is 0 Å². The van der Waals surface area contributed by atoms with Crippen LogP contribution < -0.4 is 14.8 Å². The molecule has 29 heavy (non-hydrogen) atoms. The SMILES string of the molecule is O=C(Nc1ccccc1)c1ccc(COC(=O)C2COc3ccccc3O2)cc1. The van der Waals surface area contributed by atoms with Crippen LogP contribution in [0.5, 0.6) is 11.5 Å². The molecule has 3 aromatic rings. The third-order valence-electron chi connectivity index (χ3n) is 4.40. The van der Waals surface area contributed by atoms with Crippen LogP contribution in [0.25, 0.3) is 0 Å². The minimum atomic E-state index is -0.805. The van der Waals surface area contributed by atoms with Crippen molar-refractivity contribution >= 4 is 17.6 Å².